The average Bonchev–Trinajstić information content (AvgIpc) is 3.17. The van der Waals surface area contributed by atoms with Gasteiger partial charge in [-0.15, -0.1) is 0 Å². The number of carbonyl (C=O) groups excluding carboxylic acids is 1. The highest BCUT2D eigenvalue weighted by atomic mass is 16.5. The van der Waals surface area contributed by atoms with Gasteiger partial charge in [-0.25, -0.2) is 0 Å². The number of nitrogens with zero attached hydrogens (tertiary/aromatic N) is 1. The SMILES string of the molecule is CCOCCC1(CNC(=NC)NCc2ccc(OC)c(NC(C)=O)c2)CCCC1. The first-order valence-electron chi connectivity index (χ1n) is 10.5. The molecule has 7 heteroatoms. The van der Waals surface area contributed by atoms with Gasteiger partial charge in [0.1, 0.15) is 5.75 Å². The number of amides is 1. The minimum absolute atomic E-state index is 0.125. The molecule has 7 nitrogen and oxygen atoms in total. The maximum atomic E-state index is 11.4. The number of hydrogen-bond donors (Lipinski definition) is 3. The number of ether oxygens (including phenoxy) is 2. The van der Waals surface area contributed by atoms with Crippen LogP contribution in [-0.4, -0.2) is 45.8 Å². The Morgan fingerprint density at radius 1 is 1.24 bits per heavy atom. The molecule has 0 spiro atoms. The van der Waals surface area contributed by atoms with Crippen LogP contribution in [0.25, 0.3) is 0 Å². The zero-order chi connectivity index (χ0) is 21.1. The molecule has 29 heavy (non-hydrogen) atoms. The van der Waals surface area contributed by atoms with E-state index in [0.717, 1.165) is 37.7 Å². The van der Waals surface area contributed by atoms with Gasteiger partial charge < -0.3 is 25.4 Å². The molecule has 0 aromatic heterocycles. The van der Waals surface area contributed by atoms with Gasteiger partial charge in [0, 0.05) is 40.3 Å². The van der Waals surface area contributed by atoms with Crippen LogP contribution in [0.2, 0.25) is 0 Å². The van der Waals surface area contributed by atoms with Crippen molar-refractivity contribution < 1.29 is 14.3 Å². The van der Waals surface area contributed by atoms with Crippen molar-refractivity contribution in [3.8, 4) is 5.75 Å². The first kappa shape index (κ1) is 23.0. The van der Waals surface area contributed by atoms with Gasteiger partial charge in [0.15, 0.2) is 5.96 Å². The van der Waals surface area contributed by atoms with E-state index in [9.17, 15) is 4.79 Å². The molecular formula is C22H36N4O3. The van der Waals surface area contributed by atoms with Gasteiger partial charge in [-0.3, -0.25) is 9.79 Å². The summed E-state index contributed by atoms with van der Waals surface area (Å²) >= 11 is 0. The van der Waals surface area contributed by atoms with Crippen LogP contribution >= 0.6 is 0 Å². The number of anilines is 1. The molecule has 1 aliphatic carbocycles. The fourth-order valence-corrected chi connectivity index (χ4v) is 3.90. The van der Waals surface area contributed by atoms with E-state index >= 15 is 0 Å². The molecular weight excluding hydrogens is 368 g/mol. The number of aliphatic imine (C=N–C) groups is 1. The number of carbonyl (C=O) groups is 1. The summed E-state index contributed by atoms with van der Waals surface area (Å²) in [7, 11) is 3.38. The van der Waals surface area contributed by atoms with Crippen LogP contribution in [0.5, 0.6) is 5.75 Å². The van der Waals surface area contributed by atoms with Crippen molar-refractivity contribution in [1.82, 2.24) is 10.6 Å². The maximum Gasteiger partial charge on any atom is 0.221 e. The molecule has 0 bridgehead atoms. The first-order chi connectivity index (χ1) is 14.0. The quantitative estimate of drug-likeness (QED) is 0.317. The van der Waals surface area contributed by atoms with Crippen LogP contribution in [0.4, 0.5) is 5.69 Å². The monoisotopic (exact) mass is 404 g/mol. The molecule has 1 aliphatic rings. The lowest BCUT2D eigenvalue weighted by Gasteiger charge is -2.30. The highest BCUT2D eigenvalue weighted by Gasteiger charge is 2.33. The number of hydrogen-bond acceptors (Lipinski definition) is 4. The van der Waals surface area contributed by atoms with E-state index in [-0.39, 0.29) is 5.91 Å². The van der Waals surface area contributed by atoms with E-state index < -0.39 is 0 Å². The lowest BCUT2D eigenvalue weighted by atomic mass is 9.83. The third kappa shape index (κ3) is 7.24. The second kappa shape index (κ2) is 11.7. The second-order valence-electron chi connectivity index (χ2n) is 7.65. The third-order valence-electron chi connectivity index (χ3n) is 5.53. The summed E-state index contributed by atoms with van der Waals surface area (Å²) in [4.78, 5) is 15.8. The van der Waals surface area contributed by atoms with Crippen molar-refractivity contribution in [2.45, 2.75) is 52.5 Å². The predicted octanol–water partition coefficient (Wildman–Crippen LogP) is 3.31. The zero-order valence-corrected chi connectivity index (χ0v) is 18.3. The first-order valence-corrected chi connectivity index (χ1v) is 10.5. The Morgan fingerprint density at radius 2 is 2.00 bits per heavy atom. The summed E-state index contributed by atoms with van der Waals surface area (Å²) in [5.41, 5.74) is 2.00. The zero-order valence-electron chi connectivity index (χ0n) is 18.3. The second-order valence-corrected chi connectivity index (χ2v) is 7.65. The summed E-state index contributed by atoms with van der Waals surface area (Å²) in [5.74, 6) is 1.30. The van der Waals surface area contributed by atoms with E-state index in [0.29, 0.717) is 23.4 Å². The van der Waals surface area contributed by atoms with Gasteiger partial charge >= 0.3 is 0 Å². The van der Waals surface area contributed by atoms with Crippen LogP contribution in [0.3, 0.4) is 0 Å². The number of nitrogens with one attached hydrogen (secondary N) is 3. The minimum Gasteiger partial charge on any atom is -0.495 e. The molecule has 0 atom stereocenters. The van der Waals surface area contributed by atoms with Crippen molar-refractivity contribution in [3.05, 3.63) is 23.8 Å². The Balaban J connectivity index is 1.92. The molecule has 1 fully saturated rings. The van der Waals surface area contributed by atoms with E-state index in [1.807, 2.05) is 25.1 Å². The Labute approximate surface area is 174 Å². The lowest BCUT2D eigenvalue weighted by molar-refractivity contribution is -0.114. The average molecular weight is 405 g/mol. The molecule has 1 aromatic carbocycles. The van der Waals surface area contributed by atoms with E-state index in [4.69, 9.17) is 9.47 Å². The van der Waals surface area contributed by atoms with Crippen LogP contribution in [0, 0.1) is 5.41 Å². The molecule has 0 unspecified atom stereocenters. The van der Waals surface area contributed by atoms with Gasteiger partial charge in [0.05, 0.1) is 12.8 Å². The Bertz CT molecular complexity index is 685. The highest BCUT2D eigenvalue weighted by molar-refractivity contribution is 5.90. The van der Waals surface area contributed by atoms with Gasteiger partial charge in [-0.1, -0.05) is 18.9 Å². The molecule has 2 rings (SSSR count). The Hall–Kier alpha value is -2.28. The van der Waals surface area contributed by atoms with Gasteiger partial charge in [-0.05, 0) is 49.3 Å². The molecule has 0 saturated heterocycles. The molecule has 0 radical (unpaired) electrons. The molecule has 1 amide bonds. The van der Waals surface area contributed by atoms with Crippen molar-refractivity contribution in [3.63, 3.8) is 0 Å². The number of rotatable bonds is 10. The van der Waals surface area contributed by atoms with Crippen LogP contribution < -0.4 is 20.7 Å². The van der Waals surface area contributed by atoms with E-state index in [1.54, 1.807) is 14.2 Å². The van der Waals surface area contributed by atoms with Gasteiger partial charge in [0.25, 0.3) is 0 Å². The Morgan fingerprint density at radius 3 is 2.62 bits per heavy atom. The molecule has 0 aliphatic heterocycles. The smallest absolute Gasteiger partial charge is 0.221 e. The van der Waals surface area contributed by atoms with Crippen LogP contribution in [0.1, 0.15) is 51.5 Å². The summed E-state index contributed by atoms with van der Waals surface area (Å²) in [6.45, 7) is 6.63. The fraction of sp³-hybridized carbons (Fsp3) is 0.636. The maximum absolute atomic E-state index is 11.4. The predicted molar refractivity (Wildman–Crippen MR) is 118 cm³/mol. The summed E-state index contributed by atoms with van der Waals surface area (Å²) in [6, 6.07) is 5.76. The van der Waals surface area contributed by atoms with E-state index in [2.05, 4.69) is 20.9 Å². The van der Waals surface area contributed by atoms with E-state index in [1.165, 1.54) is 32.6 Å². The molecule has 3 N–H and O–H groups in total. The number of guanidine groups is 1. The van der Waals surface area contributed by atoms with Gasteiger partial charge in [-0.2, -0.15) is 0 Å². The normalized spacial score (nSPS) is 15.8. The summed E-state index contributed by atoms with van der Waals surface area (Å²) < 4.78 is 10.9. The minimum atomic E-state index is -0.125. The third-order valence-corrected chi connectivity index (χ3v) is 5.53. The van der Waals surface area contributed by atoms with Crippen molar-refractivity contribution in [1.29, 1.82) is 0 Å². The number of benzene rings is 1. The fourth-order valence-electron chi connectivity index (χ4n) is 3.90. The molecule has 0 heterocycles. The molecule has 162 valence electrons. The molecule has 1 aromatic rings. The standard InChI is InChI=1S/C22H36N4O3/c1-5-29-13-12-22(10-6-7-11-22)16-25-21(23-3)24-15-18-8-9-20(28-4)19(14-18)26-17(2)27/h8-9,14H,5-7,10-13,15-16H2,1-4H3,(H,26,27)(H2,23,24,25). The van der Waals surface area contributed by atoms with Gasteiger partial charge in [0.2, 0.25) is 5.91 Å². The summed E-state index contributed by atoms with van der Waals surface area (Å²) in [6.07, 6.45) is 6.14. The lowest BCUT2D eigenvalue weighted by Crippen LogP contribution is -2.43. The van der Waals surface area contributed by atoms with Crippen molar-refractivity contribution in [2.75, 3.05) is 39.2 Å². The largest absolute Gasteiger partial charge is 0.495 e. The topological polar surface area (TPSA) is 84.0 Å². The van der Waals surface area contributed by atoms with Crippen LogP contribution in [-0.2, 0) is 16.1 Å². The Kier molecular flexibility index (Phi) is 9.25. The molecule has 1 saturated carbocycles. The highest BCUT2D eigenvalue weighted by Crippen LogP contribution is 2.40. The summed E-state index contributed by atoms with van der Waals surface area (Å²) in [5, 5.41) is 9.68. The number of methoxy groups -OCH3 is 1. The van der Waals surface area contributed by atoms with Crippen LogP contribution in [0.15, 0.2) is 23.2 Å². The van der Waals surface area contributed by atoms with Crippen molar-refractivity contribution in [2.24, 2.45) is 10.4 Å². The van der Waals surface area contributed by atoms with Crippen molar-refractivity contribution >= 4 is 17.6 Å².